The zero-order valence-electron chi connectivity index (χ0n) is 23.8. The number of ether oxygens (including phenoxy) is 3. The topological polar surface area (TPSA) is 123 Å². The van der Waals surface area contributed by atoms with Crippen LogP contribution in [-0.2, 0) is 26.2 Å². The van der Waals surface area contributed by atoms with Crippen LogP contribution in [0, 0.1) is 0 Å². The highest BCUT2D eigenvalue weighted by Crippen LogP contribution is 2.52. The van der Waals surface area contributed by atoms with Crippen LogP contribution in [0.3, 0.4) is 0 Å². The van der Waals surface area contributed by atoms with Crippen molar-refractivity contribution in [1.82, 2.24) is 14.7 Å². The van der Waals surface area contributed by atoms with Gasteiger partial charge < -0.3 is 34.4 Å². The molecule has 11 heteroatoms. The van der Waals surface area contributed by atoms with Crippen molar-refractivity contribution in [2.45, 2.75) is 69.9 Å². The van der Waals surface area contributed by atoms with Gasteiger partial charge in [0.1, 0.15) is 18.5 Å². The number of β-amino-alcohol motifs (C(OH)–C–C–N with tert-alkyl or cyclic N) is 1. The van der Waals surface area contributed by atoms with E-state index in [4.69, 9.17) is 14.2 Å². The molecule has 3 aromatic rings. The monoisotopic (exact) mass is 586 g/mol. The number of aliphatic hydroxyl groups is 1. The van der Waals surface area contributed by atoms with Gasteiger partial charge in [-0.05, 0) is 57.9 Å². The summed E-state index contributed by atoms with van der Waals surface area (Å²) >= 11 is 0. The number of hydrogen-bond donors (Lipinski definition) is 3. The van der Waals surface area contributed by atoms with Crippen molar-refractivity contribution >= 4 is 35.6 Å². The number of carbonyl (C=O) groups excluding carboxylic acids is 2. The number of rotatable bonds is 12. The molecule has 5 rings (SSSR count). The number of benzene rings is 1. The van der Waals surface area contributed by atoms with Crippen molar-refractivity contribution in [3.05, 3.63) is 54.0 Å². The normalized spacial score (nSPS) is 16.2. The third kappa shape index (κ3) is 6.45. The van der Waals surface area contributed by atoms with Crippen LogP contribution >= 0.6 is 12.4 Å². The summed E-state index contributed by atoms with van der Waals surface area (Å²) in [6.45, 7) is 6.44. The maximum Gasteiger partial charge on any atom is 0.344 e. The quantitative estimate of drug-likeness (QED) is 0.274. The highest BCUT2D eigenvalue weighted by molar-refractivity contribution is 6.07. The predicted molar refractivity (Wildman–Crippen MR) is 157 cm³/mol. The Bertz CT molecular complexity index is 1380. The van der Waals surface area contributed by atoms with Crippen LogP contribution in [0.4, 0.5) is 5.69 Å². The van der Waals surface area contributed by atoms with Gasteiger partial charge in [0.05, 0.1) is 12.0 Å². The molecular weight excluding hydrogens is 548 g/mol. The van der Waals surface area contributed by atoms with E-state index in [-0.39, 0.29) is 37.1 Å². The molecule has 10 nitrogen and oxygen atoms in total. The van der Waals surface area contributed by atoms with E-state index in [1.165, 1.54) is 0 Å². The molecule has 2 aromatic heterocycles. The van der Waals surface area contributed by atoms with Crippen LogP contribution in [0.5, 0.6) is 11.5 Å². The van der Waals surface area contributed by atoms with Crippen molar-refractivity contribution in [1.29, 1.82) is 0 Å². The van der Waals surface area contributed by atoms with Crippen molar-refractivity contribution in [3.8, 4) is 11.5 Å². The summed E-state index contributed by atoms with van der Waals surface area (Å²) < 4.78 is 18.6. The number of amides is 1. The second kappa shape index (κ2) is 12.7. The minimum atomic E-state index is -0.746. The zero-order valence-corrected chi connectivity index (χ0v) is 24.6. The summed E-state index contributed by atoms with van der Waals surface area (Å²) in [5.41, 5.74) is 2.47. The smallest absolute Gasteiger partial charge is 0.344 e. The van der Waals surface area contributed by atoms with Gasteiger partial charge >= 0.3 is 5.97 Å². The molecule has 1 aromatic carbocycles. The molecule has 1 aliphatic heterocycles. The predicted octanol–water partition coefficient (Wildman–Crippen LogP) is 3.81. The van der Waals surface area contributed by atoms with Gasteiger partial charge in [-0.25, -0.2) is 9.78 Å². The summed E-state index contributed by atoms with van der Waals surface area (Å²) in [7, 11) is 0. The van der Waals surface area contributed by atoms with Gasteiger partial charge in [0.2, 0.25) is 5.91 Å². The van der Waals surface area contributed by atoms with E-state index < -0.39 is 17.5 Å². The Hall–Kier alpha value is -3.34. The number of imidazole rings is 1. The Kier molecular flexibility index (Phi) is 9.46. The van der Waals surface area contributed by atoms with Gasteiger partial charge in [0.25, 0.3) is 0 Å². The Morgan fingerprint density at radius 3 is 2.71 bits per heavy atom. The third-order valence-corrected chi connectivity index (χ3v) is 7.74. The first kappa shape index (κ1) is 30.6. The van der Waals surface area contributed by atoms with Crippen LogP contribution in [0.1, 0.15) is 57.7 Å². The number of fused-ring (bicyclic) bond motifs is 3. The van der Waals surface area contributed by atoms with Crippen molar-refractivity contribution in [2.75, 3.05) is 31.7 Å². The number of pyridine rings is 1. The summed E-state index contributed by atoms with van der Waals surface area (Å²) in [4.78, 5) is 29.0. The van der Waals surface area contributed by atoms with E-state index in [0.29, 0.717) is 36.7 Å². The molecule has 3 heterocycles. The minimum Gasteiger partial charge on any atom is -0.490 e. The summed E-state index contributed by atoms with van der Waals surface area (Å²) in [5, 5.41) is 17.2. The van der Waals surface area contributed by atoms with Crippen LogP contribution in [0.15, 0.2) is 42.7 Å². The van der Waals surface area contributed by atoms with Gasteiger partial charge in [-0.2, -0.15) is 0 Å². The van der Waals surface area contributed by atoms with E-state index in [1.807, 2.05) is 34.9 Å². The molecule has 1 fully saturated rings. The molecule has 1 spiro atoms. The second-order valence-electron chi connectivity index (χ2n) is 11.2. The first-order chi connectivity index (χ1) is 19.2. The number of aliphatic hydroxyl groups excluding tert-OH is 1. The molecule has 0 saturated heterocycles. The van der Waals surface area contributed by atoms with Crippen molar-refractivity contribution < 1.29 is 28.9 Å². The first-order valence-corrected chi connectivity index (χ1v) is 14.0. The average Bonchev–Trinajstić information content (AvgIpc) is 3.65. The lowest BCUT2D eigenvalue weighted by atomic mass is 9.79. The molecule has 222 valence electrons. The molecule has 1 saturated carbocycles. The number of nitrogens with zero attached hydrogens (tertiary/aromatic N) is 2. The molecule has 1 aliphatic carbocycles. The van der Waals surface area contributed by atoms with E-state index in [9.17, 15) is 14.7 Å². The molecule has 2 aliphatic rings. The summed E-state index contributed by atoms with van der Waals surface area (Å²) in [6, 6.07) is 9.30. The Balaban J connectivity index is 0.00000387. The van der Waals surface area contributed by atoms with E-state index in [1.54, 1.807) is 19.2 Å². The Labute approximate surface area is 246 Å². The number of carbonyl (C=O) groups is 2. The fourth-order valence-electron chi connectivity index (χ4n) is 5.83. The first-order valence-electron chi connectivity index (χ1n) is 14.0. The molecule has 0 radical (unpaired) electrons. The third-order valence-electron chi connectivity index (χ3n) is 7.74. The number of hydrogen-bond acceptors (Lipinski definition) is 8. The number of aromatic nitrogens is 2. The zero-order chi connectivity index (χ0) is 28.3. The van der Waals surface area contributed by atoms with E-state index >= 15 is 0 Å². The van der Waals surface area contributed by atoms with E-state index in [0.717, 1.165) is 42.6 Å². The van der Waals surface area contributed by atoms with Crippen LogP contribution in [0.2, 0.25) is 0 Å². The maximum absolute atomic E-state index is 12.8. The molecule has 1 amide bonds. The lowest BCUT2D eigenvalue weighted by molar-refractivity contribution is -0.145. The van der Waals surface area contributed by atoms with Gasteiger partial charge in [-0.15, -0.1) is 12.4 Å². The molecule has 41 heavy (non-hydrogen) atoms. The largest absolute Gasteiger partial charge is 0.490 e. The van der Waals surface area contributed by atoms with Gasteiger partial charge in [-0.3, -0.25) is 4.79 Å². The molecule has 0 unspecified atom stereocenters. The maximum atomic E-state index is 12.8. The Morgan fingerprint density at radius 2 is 1.95 bits per heavy atom. The lowest BCUT2D eigenvalue weighted by Crippen LogP contribution is -2.46. The molecule has 1 atom stereocenters. The van der Waals surface area contributed by atoms with Gasteiger partial charge in [0.15, 0.2) is 18.0 Å². The fraction of sp³-hybridized carbons (Fsp3) is 0.500. The van der Waals surface area contributed by atoms with Crippen LogP contribution in [0.25, 0.3) is 5.65 Å². The standard InChI is InChI=1S/C30H38N4O6.ClH/c1-4-38-25(36)19-40-24-11-8-14-34-20(16-31-27(24)34)15-29(2,3)32-17-21(35)18-39-23-10-7-9-22-26(23)30(28(37)33-22)12-5-6-13-30;/h7-11,14,16,21,32,35H,4-6,12-13,15,17-19H2,1-3H3,(H,33,37);1H/t21-;/m0./s1. The lowest BCUT2D eigenvalue weighted by Gasteiger charge is -2.28. The number of nitrogens with one attached hydrogen (secondary N) is 2. The average molecular weight is 587 g/mol. The van der Waals surface area contributed by atoms with Crippen molar-refractivity contribution in [2.24, 2.45) is 0 Å². The second-order valence-corrected chi connectivity index (χ2v) is 11.2. The summed E-state index contributed by atoms with van der Waals surface area (Å²) in [6.07, 6.45) is 7.28. The highest BCUT2D eigenvalue weighted by Gasteiger charge is 2.50. The molecular formula is C30H39ClN4O6. The Morgan fingerprint density at radius 1 is 1.20 bits per heavy atom. The van der Waals surface area contributed by atoms with Crippen molar-refractivity contribution in [3.63, 3.8) is 0 Å². The number of esters is 1. The number of halogens is 1. The fourth-order valence-corrected chi connectivity index (χ4v) is 5.83. The number of anilines is 1. The molecule has 0 bridgehead atoms. The minimum absolute atomic E-state index is 0. The van der Waals surface area contributed by atoms with Gasteiger partial charge in [-0.1, -0.05) is 18.9 Å². The van der Waals surface area contributed by atoms with Gasteiger partial charge in [0, 0.05) is 47.8 Å². The highest BCUT2D eigenvalue weighted by atomic mass is 35.5. The van der Waals surface area contributed by atoms with Crippen LogP contribution < -0.4 is 20.1 Å². The van der Waals surface area contributed by atoms with Crippen LogP contribution in [-0.4, -0.2) is 64.4 Å². The van der Waals surface area contributed by atoms with E-state index in [2.05, 4.69) is 29.5 Å². The summed E-state index contributed by atoms with van der Waals surface area (Å²) in [5.74, 6) is 0.806. The SMILES string of the molecule is CCOC(=O)COc1cccn2c(CC(C)(C)NC[C@H](O)COc3cccc4c3C3(CCCC3)C(=O)N4)cnc12.Cl. The molecule has 3 N–H and O–H groups in total.